The SMILES string of the molecule is O=C1Oc2ccc(Cl)cc2C1=C1CCCCC1. The first kappa shape index (κ1) is 10.8. The normalized spacial score (nSPS) is 19.2. The van der Waals surface area contributed by atoms with Gasteiger partial charge in [0.25, 0.3) is 0 Å². The van der Waals surface area contributed by atoms with Crippen LogP contribution in [0, 0.1) is 0 Å². The van der Waals surface area contributed by atoms with Gasteiger partial charge < -0.3 is 4.74 Å². The first-order chi connectivity index (χ1) is 8.25. The van der Waals surface area contributed by atoms with E-state index in [1.807, 2.05) is 6.07 Å². The molecule has 1 aliphatic carbocycles. The minimum atomic E-state index is -0.209. The molecule has 0 radical (unpaired) electrons. The summed E-state index contributed by atoms with van der Waals surface area (Å²) in [6.07, 6.45) is 5.62. The Bertz CT molecular complexity index is 509. The lowest BCUT2D eigenvalue weighted by atomic mass is 9.89. The van der Waals surface area contributed by atoms with Crippen LogP contribution in [0.4, 0.5) is 0 Å². The van der Waals surface area contributed by atoms with E-state index in [9.17, 15) is 4.79 Å². The van der Waals surface area contributed by atoms with Gasteiger partial charge in [-0.2, -0.15) is 0 Å². The number of hydrogen-bond donors (Lipinski definition) is 0. The molecule has 0 saturated heterocycles. The van der Waals surface area contributed by atoms with Crippen molar-refractivity contribution in [3.05, 3.63) is 34.4 Å². The molecule has 1 aromatic carbocycles. The van der Waals surface area contributed by atoms with E-state index < -0.39 is 0 Å². The molecule has 1 saturated carbocycles. The summed E-state index contributed by atoms with van der Waals surface area (Å²) in [5.41, 5.74) is 2.88. The van der Waals surface area contributed by atoms with E-state index in [1.54, 1.807) is 12.1 Å². The van der Waals surface area contributed by atoms with E-state index >= 15 is 0 Å². The van der Waals surface area contributed by atoms with E-state index in [-0.39, 0.29) is 5.97 Å². The third-order valence-corrected chi connectivity index (χ3v) is 3.66. The van der Waals surface area contributed by atoms with Crippen LogP contribution in [0.2, 0.25) is 5.02 Å². The molecule has 17 heavy (non-hydrogen) atoms. The van der Waals surface area contributed by atoms with E-state index in [2.05, 4.69) is 0 Å². The molecule has 0 spiro atoms. The van der Waals surface area contributed by atoms with Crippen LogP contribution < -0.4 is 4.74 Å². The fraction of sp³-hybridized carbons (Fsp3) is 0.357. The Hall–Kier alpha value is -1.28. The number of fused-ring (bicyclic) bond motifs is 1. The second-order valence-corrected chi connectivity index (χ2v) is 5.01. The van der Waals surface area contributed by atoms with Gasteiger partial charge >= 0.3 is 5.97 Å². The second-order valence-electron chi connectivity index (χ2n) is 4.57. The van der Waals surface area contributed by atoms with E-state index in [1.165, 1.54) is 24.8 Å². The summed E-state index contributed by atoms with van der Waals surface area (Å²) >= 11 is 5.99. The maximum absolute atomic E-state index is 11.9. The van der Waals surface area contributed by atoms with Gasteiger partial charge in [0.1, 0.15) is 5.75 Å². The molecular formula is C14H13ClO2. The van der Waals surface area contributed by atoms with Gasteiger partial charge in [0.15, 0.2) is 0 Å². The van der Waals surface area contributed by atoms with Crippen LogP contribution in [0.3, 0.4) is 0 Å². The molecule has 1 fully saturated rings. The predicted molar refractivity (Wildman–Crippen MR) is 67.1 cm³/mol. The van der Waals surface area contributed by atoms with Gasteiger partial charge in [0.05, 0.1) is 5.57 Å². The Kier molecular flexibility index (Phi) is 2.67. The van der Waals surface area contributed by atoms with Crippen molar-refractivity contribution >= 4 is 23.1 Å². The van der Waals surface area contributed by atoms with Crippen LogP contribution >= 0.6 is 11.6 Å². The highest BCUT2D eigenvalue weighted by molar-refractivity contribution is 6.31. The quantitative estimate of drug-likeness (QED) is 0.394. The molecule has 3 rings (SSSR count). The van der Waals surface area contributed by atoms with Crippen LogP contribution in [0.25, 0.3) is 5.57 Å². The Morgan fingerprint density at radius 3 is 2.65 bits per heavy atom. The summed E-state index contributed by atoms with van der Waals surface area (Å²) in [5, 5.41) is 0.649. The van der Waals surface area contributed by atoms with Gasteiger partial charge in [-0.3, -0.25) is 0 Å². The number of ether oxygens (including phenoxy) is 1. The molecule has 2 aliphatic rings. The molecule has 0 amide bonds. The van der Waals surface area contributed by atoms with Crippen LogP contribution in [0.15, 0.2) is 23.8 Å². The molecule has 1 aromatic rings. The minimum Gasteiger partial charge on any atom is -0.422 e. The van der Waals surface area contributed by atoms with Gasteiger partial charge in [-0.1, -0.05) is 23.6 Å². The lowest BCUT2D eigenvalue weighted by molar-refractivity contribution is -0.127. The summed E-state index contributed by atoms with van der Waals surface area (Å²) in [4.78, 5) is 11.9. The molecule has 1 heterocycles. The van der Waals surface area contributed by atoms with Crippen molar-refractivity contribution in [3.8, 4) is 5.75 Å². The molecule has 2 nitrogen and oxygen atoms in total. The molecule has 0 N–H and O–H groups in total. The summed E-state index contributed by atoms with van der Waals surface area (Å²) in [5.74, 6) is 0.437. The topological polar surface area (TPSA) is 26.3 Å². The van der Waals surface area contributed by atoms with Crippen LogP contribution in [0.5, 0.6) is 5.75 Å². The minimum absolute atomic E-state index is 0.209. The first-order valence-electron chi connectivity index (χ1n) is 6.00. The standard InChI is InChI=1S/C14H13ClO2/c15-10-6-7-12-11(8-10)13(14(16)17-12)9-4-2-1-3-5-9/h6-8H,1-5H2. The van der Waals surface area contributed by atoms with Crippen molar-refractivity contribution in [2.45, 2.75) is 32.1 Å². The smallest absolute Gasteiger partial charge is 0.344 e. The molecule has 1 aliphatic heterocycles. The number of benzene rings is 1. The molecule has 3 heteroatoms. The number of halogens is 1. The summed E-state index contributed by atoms with van der Waals surface area (Å²) in [6.45, 7) is 0. The lowest BCUT2D eigenvalue weighted by Crippen LogP contribution is -2.06. The van der Waals surface area contributed by atoms with Crippen molar-refractivity contribution in [1.82, 2.24) is 0 Å². The Morgan fingerprint density at radius 1 is 1.12 bits per heavy atom. The predicted octanol–water partition coefficient (Wildman–Crippen LogP) is 3.98. The summed E-state index contributed by atoms with van der Waals surface area (Å²) in [7, 11) is 0. The number of allylic oxidation sites excluding steroid dienone is 1. The van der Waals surface area contributed by atoms with E-state index in [0.29, 0.717) is 10.8 Å². The third kappa shape index (κ3) is 1.87. The monoisotopic (exact) mass is 248 g/mol. The fourth-order valence-electron chi connectivity index (χ4n) is 2.61. The van der Waals surface area contributed by atoms with Crippen LogP contribution in [-0.4, -0.2) is 5.97 Å². The third-order valence-electron chi connectivity index (χ3n) is 3.43. The second kappa shape index (κ2) is 4.19. The van der Waals surface area contributed by atoms with Crippen molar-refractivity contribution < 1.29 is 9.53 Å². The molecule has 0 bridgehead atoms. The maximum atomic E-state index is 11.9. The molecule has 0 atom stereocenters. The number of hydrogen-bond acceptors (Lipinski definition) is 2. The zero-order valence-corrected chi connectivity index (χ0v) is 10.2. The highest BCUT2D eigenvalue weighted by Gasteiger charge is 2.30. The van der Waals surface area contributed by atoms with Gasteiger partial charge in [-0.25, -0.2) is 4.79 Å². The Labute approximate surface area is 105 Å². The highest BCUT2D eigenvalue weighted by Crippen LogP contribution is 2.41. The molecule has 88 valence electrons. The van der Waals surface area contributed by atoms with Gasteiger partial charge in [-0.15, -0.1) is 0 Å². The average molecular weight is 249 g/mol. The zero-order chi connectivity index (χ0) is 11.8. The van der Waals surface area contributed by atoms with Gasteiger partial charge in [-0.05, 0) is 43.9 Å². The van der Waals surface area contributed by atoms with Crippen molar-refractivity contribution in [2.75, 3.05) is 0 Å². The average Bonchev–Trinajstić information content (AvgIpc) is 2.65. The lowest BCUT2D eigenvalue weighted by Gasteiger charge is -2.15. The van der Waals surface area contributed by atoms with Crippen molar-refractivity contribution in [1.29, 1.82) is 0 Å². The maximum Gasteiger partial charge on any atom is 0.344 e. The Morgan fingerprint density at radius 2 is 1.88 bits per heavy atom. The molecule has 0 aromatic heterocycles. The number of rotatable bonds is 0. The molecular weight excluding hydrogens is 236 g/mol. The van der Waals surface area contributed by atoms with Crippen molar-refractivity contribution in [3.63, 3.8) is 0 Å². The number of carbonyl (C=O) groups is 1. The summed E-state index contributed by atoms with van der Waals surface area (Å²) in [6, 6.07) is 5.35. The van der Waals surface area contributed by atoms with Crippen LogP contribution in [0.1, 0.15) is 37.7 Å². The first-order valence-corrected chi connectivity index (χ1v) is 6.37. The van der Waals surface area contributed by atoms with Crippen molar-refractivity contribution in [2.24, 2.45) is 0 Å². The summed E-state index contributed by atoms with van der Waals surface area (Å²) < 4.78 is 5.27. The number of carbonyl (C=O) groups excluding carboxylic acids is 1. The fourth-order valence-corrected chi connectivity index (χ4v) is 2.78. The largest absolute Gasteiger partial charge is 0.422 e. The number of esters is 1. The Balaban J connectivity index is 2.12. The van der Waals surface area contributed by atoms with E-state index in [0.717, 1.165) is 24.0 Å². The highest BCUT2D eigenvalue weighted by atomic mass is 35.5. The zero-order valence-electron chi connectivity index (χ0n) is 9.46. The van der Waals surface area contributed by atoms with E-state index in [4.69, 9.17) is 16.3 Å². The van der Waals surface area contributed by atoms with Gasteiger partial charge in [0.2, 0.25) is 0 Å². The molecule has 0 unspecified atom stereocenters. The van der Waals surface area contributed by atoms with Gasteiger partial charge in [0, 0.05) is 10.6 Å². The van der Waals surface area contributed by atoms with Crippen LogP contribution in [-0.2, 0) is 4.79 Å².